The molecule has 0 saturated carbocycles. The van der Waals surface area contributed by atoms with Crippen molar-refractivity contribution in [3.8, 4) is 0 Å². The van der Waals surface area contributed by atoms with Crippen molar-refractivity contribution in [3.63, 3.8) is 0 Å². The highest BCUT2D eigenvalue weighted by atomic mass is 32.1. The lowest BCUT2D eigenvalue weighted by Gasteiger charge is -2.36. The molecule has 128 valence electrons. The van der Waals surface area contributed by atoms with Crippen LogP contribution >= 0.6 is 11.3 Å². The van der Waals surface area contributed by atoms with Gasteiger partial charge in [-0.25, -0.2) is 4.39 Å². The van der Waals surface area contributed by atoms with Gasteiger partial charge in [0.05, 0.1) is 10.6 Å². The van der Waals surface area contributed by atoms with Gasteiger partial charge in [-0.05, 0) is 30.0 Å². The first kappa shape index (κ1) is 17.0. The Kier molecular flexibility index (Phi) is 5.26. The number of carbonyl (C=O) groups excluding carboxylic acids is 1. The van der Waals surface area contributed by atoms with E-state index in [9.17, 15) is 9.18 Å². The zero-order valence-electron chi connectivity index (χ0n) is 13.8. The van der Waals surface area contributed by atoms with E-state index in [2.05, 4.69) is 10.3 Å². The predicted molar refractivity (Wildman–Crippen MR) is 94.0 cm³/mol. The first-order chi connectivity index (χ1) is 11.6. The second-order valence-electron chi connectivity index (χ2n) is 6.35. The van der Waals surface area contributed by atoms with E-state index in [1.807, 2.05) is 42.8 Å². The summed E-state index contributed by atoms with van der Waals surface area (Å²) >= 11 is 1.43. The molecule has 1 fully saturated rings. The molecule has 1 N–H and O–H groups in total. The lowest BCUT2D eigenvalue weighted by molar-refractivity contribution is 0.0438. The van der Waals surface area contributed by atoms with Crippen molar-refractivity contribution in [1.82, 2.24) is 15.2 Å². The van der Waals surface area contributed by atoms with Gasteiger partial charge in [-0.1, -0.05) is 12.1 Å². The third kappa shape index (κ3) is 4.19. The summed E-state index contributed by atoms with van der Waals surface area (Å²) in [5.41, 5.74) is 0.773. The average molecular weight is 347 g/mol. The number of aromatic nitrogens is 1. The van der Waals surface area contributed by atoms with Gasteiger partial charge >= 0.3 is 0 Å². The third-order valence-corrected chi connectivity index (χ3v) is 5.26. The Bertz CT molecular complexity index is 664. The lowest BCUT2D eigenvalue weighted by Crippen LogP contribution is -2.48. The Morgan fingerprint density at radius 3 is 2.79 bits per heavy atom. The van der Waals surface area contributed by atoms with Crippen molar-refractivity contribution in [2.75, 3.05) is 19.6 Å². The molecule has 0 aliphatic carbocycles. The topological polar surface area (TPSA) is 45.2 Å². The van der Waals surface area contributed by atoms with Gasteiger partial charge in [0, 0.05) is 45.2 Å². The largest absolute Gasteiger partial charge is 0.338 e. The second-order valence-corrected chi connectivity index (χ2v) is 7.30. The molecule has 0 bridgehead atoms. The number of carbonyl (C=O) groups is 1. The van der Waals surface area contributed by atoms with Crippen LogP contribution in [0.2, 0.25) is 0 Å². The SMILES string of the molecule is Cc1ccc(CNCC2(F)CCN(C(=O)c3cccs3)CC2)nc1. The van der Waals surface area contributed by atoms with Gasteiger partial charge in [-0.15, -0.1) is 11.3 Å². The number of piperidine rings is 1. The van der Waals surface area contributed by atoms with E-state index >= 15 is 0 Å². The smallest absolute Gasteiger partial charge is 0.263 e. The summed E-state index contributed by atoms with van der Waals surface area (Å²) in [4.78, 5) is 19.1. The maximum Gasteiger partial charge on any atom is 0.263 e. The number of pyridine rings is 1. The Hall–Kier alpha value is -1.79. The highest BCUT2D eigenvalue weighted by molar-refractivity contribution is 7.12. The molecule has 0 aromatic carbocycles. The third-order valence-electron chi connectivity index (χ3n) is 4.40. The molecule has 2 aromatic rings. The molecule has 1 saturated heterocycles. The zero-order valence-corrected chi connectivity index (χ0v) is 14.6. The predicted octanol–water partition coefficient (Wildman–Crippen LogP) is 3.19. The minimum absolute atomic E-state index is 0.0175. The standard InChI is InChI=1S/C18H22FN3OS/c1-14-4-5-15(21-11-14)12-20-13-18(19)6-8-22(9-7-18)17(23)16-3-2-10-24-16/h2-5,10-11,20H,6-9,12-13H2,1H3. The summed E-state index contributed by atoms with van der Waals surface area (Å²) in [6.07, 6.45) is 2.56. The number of alkyl halides is 1. The second kappa shape index (κ2) is 7.40. The Morgan fingerprint density at radius 1 is 1.38 bits per heavy atom. The lowest BCUT2D eigenvalue weighted by atomic mass is 9.93. The molecule has 3 rings (SSSR count). The summed E-state index contributed by atoms with van der Waals surface area (Å²) in [5.74, 6) is 0.0175. The fourth-order valence-corrected chi connectivity index (χ4v) is 3.55. The van der Waals surface area contributed by atoms with Gasteiger partial charge in [0.25, 0.3) is 5.91 Å². The summed E-state index contributed by atoms with van der Waals surface area (Å²) in [6, 6.07) is 7.64. The van der Waals surface area contributed by atoms with Gasteiger partial charge in [0.2, 0.25) is 0 Å². The van der Waals surface area contributed by atoms with E-state index in [1.165, 1.54) is 11.3 Å². The molecule has 0 unspecified atom stereocenters. The van der Waals surface area contributed by atoms with Crippen LogP contribution in [0, 0.1) is 6.92 Å². The number of likely N-dealkylation sites (tertiary alicyclic amines) is 1. The van der Waals surface area contributed by atoms with E-state index in [0.717, 1.165) is 16.1 Å². The highest BCUT2D eigenvalue weighted by Crippen LogP contribution is 2.27. The molecule has 1 amide bonds. The maximum atomic E-state index is 14.9. The monoisotopic (exact) mass is 347 g/mol. The molecule has 1 aliphatic heterocycles. The highest BCUT2D eigenvalue weighted by Gasteiger charge is 2.35. The van der Waals surface area contributed by atoms with Gasteiger partial charge in [-0.3, -0.25) is 9.78 Å². The number of aryl methyl sites for hydroxylation is 1. The van der Waals surface area contributed by atoms with Crippen molar-refractivity contribution in [1.29, 1.82) is 0 Å². The van der Waals surface area contributed by atoms with Crippen LogP contribution < -0.4 is 5.32 Å². The van der Waals surface area contributed by atoms with Gasteiger partial charge in [0.15, 0.2) is 0 Å². The first-order valence-electron chi connectivity index (χ1n) is 8.20. The number of nitrogens with zero attached hydrogens (tertiary/aromatic N) is 2. The van der Waals surface area contributed by atoms with Crippen molar-refractivity contribution >= 4 is 17.2 Å². The molecule has 0 spiro atoms. The number of hydrogen-bond donors (Lipinski definition) is 1. The Morgan fingerprint density at radius 2 is 2.17 bits per heavy atom. The molecule has 6 heteroatoms. The van der Waals surface area contributed by atoms with Crippen LogP contribution in [0.3, 0.4) is 0 Å². The van der Waals surface area contributed by atoms with E-state index in [-0.39, 0.29) is 5.91 Å². The first-order valence-corrected chi connectivity index (χ1v) is 9.08. The molecular formula is C18H22FN3OS. The molecule has 4 nitrogen and oxygen atoms in total. The van der Waals surface area contributed by atoms with E-state index < -0.39 is 5.67 Å². The van der Waals surface area contributed by atoms with Crippen LogP contribution in [0.15, 0.2) is 35.8 Å². The fourth-order valence-electron chi connectivity index (χ4n) is 2.86. The number of nitrogens with one attached hydrogen (secondary N) is 1. The van der Waals surface area contributed by atoms with Crippen molar-refractivity contribution in [2.24, 2.45) is 0 Å². The minimum Gasteiger partial charge on any atom is -0.338 e. The Labute approximate surface area is 145 Å². The van der Waals surface area contributed by atoms with E-state index in [4.69, 9.17) is 0 Å². The van der Waals surface area contributed by atoms with Gasteiger partial charge < -0.3 is 10.2 Å². The van der Waals surface area contributed by atoms with Crippen molar-refractivity contribution < 1.29 is 9.18 Å². The van der Waals surface area contributed by atoms with Crippen LogP contribution in [0.25, 0.3) is 0 Å². The summed E-state index contributed by atoms with van der Waals surface area (Å²) in [7, 11) is 0. The van der Waals surface area contributed by atoms with Gasteiger partial charge in [-0.2, -0.15) is 0 Å². The van der Waals surface area contributed by atoms with Crippen molar-refractivity contribution in [2.45, 2.75) is 32.0 Å². The number of halogens is 1. The van der Waals surface area contributed by atoms with Crippen LogP contribution in [-0.4, -0.2) is 41.1 Å². The molecule has 1 aliphatic rings. The number of hydrogen-bond acceptors (Lipinski definition) is 4. The average Bonchev–Trinajstić information content (AvgIpc) is 3.11. The van der Waals surface area contributed by atoms with Crippen LogP contribution in [-0.2, 0) is 6.54 Å². The van der Waals surface area contributed by atoms with Crippen LogP contribution in [0.1, 0.15) is 33.8 Å². The summed E-state index contributed by atoms with van der Waals surface area (Å²) in [6.45, 7) is 3.79. The summed E-state index contributed by atoms with van der Waals surface area (Å²) < 4.78 is 14.9. The molecule has 0 atom stereocenters. The van der Waals surface area contributed by atoms with Crippen molar-refractivity contribution in [3.05, 3.63) is 52.0 Å². The van der Waals surface area contributed by atoms with Crippen LogP contribution in [0.4, 0.5) is 4.39 Å². The number of rotatable bonds is 5. The normalized spacial score (nSPS) is 17.0. The molecule has 24 heavy (non-hydrogen) atoms. The summed E-state index contributed by atoms with van der Waals surface area (Å²) in [5, 5.41) is 5.05. The quantitative estimate of drug-likeness (QED) is 0.903. The van der Waals surface area contributed by atoms with E-state index in [0.29, 0.717) is 39.0 Å². The zero-order chi connectivity index (χ0) is 17.0. The fraction of sp³-hybridized carbons (Fsp3) is 0.444. The minimum atomic E-state index is -1.25. The van der Waals surface area contributed by atoms with Gasteiger partial charge in [0.1, 0.15) is 5.67 Å². The molecule has 2 aromatic heterocycles. The Balaban J connectivity index is 1.46. The van der Waals surface area contributed by atoms with E-state index in [1.54, 1.807) is 4.90 Å². The molecule has 0 radical (unpaired) electrons. The number of amides is 1. The number of thiophene rings is 1. The maximum absolute atomic E-state index is 14.9. The molecule has 3 heterocycles. The van der Waals surface area contributed by atoms with Crippen LogP contribution in [0.5, 0.6) is 0 Å². The molecular weight excluding hydrogens is 325 g/mol.